The van der Waals surface area contributed by atoms with Crippen LogP contribution in [-0.4, -0.2) is 35.5 Å². The van der Waals surface area contributed by atoms with E-state index in [0.717, 1.165) is 20.9 Å². The number of amides is 2. The Balaban J connectivity index is 2.52. The van der Waals surface area contributed by atoms with Crippen LogP contribution >= 0.6 is 27.3 Å². The number of ether oxygens (including phenoxy) is 3. The third-order valence-electron chi connectivity index (χ3n) is 2.99. The number of carbonyl (C=O) groups is 2. The number of anilines is 1. The highest BCUT2D eigenvalue weighted by molar-refractivity contribution is 9.10. The smallest absolute Gasteiger partial charge is 0.426 e. The molecule has 0 saturated heterocycles. The summed E-state index contributed by atoms with van der Waals surface area (Å²) in [5.74, 6) is 0.630. The van der Waals surface area contributed by atoms with E-state index < -0.39 is 23.4 Å². The third-order valence-corrected chi connectivity index (χ3v) is 4.58. The molecule has 9 heteroatoms. The van der Waals surface area contributed by atoms with Gasteiger partial charge < -0.3 is 14.2 Å². The molecular formula is C18H23BrN2O5S. The maximum atomic E-state index is 12.7. The Morgan fingerprint density at radius 2 is 1.56 bits per heavy atom. The summed E-state index contributed by atoms with van der Waals surface area (Å²) in [5.41, 5.74) is -0.955. The summed E-state index contributed by atoms with van der Waals surface area (Å²) >= 11 is 4.60. The quantitative estimate of drug-likeness (QED) is 0.570. The third kappa shape index (κ3) is 5.55. The van der Waals surface area contributed by atoms with Crippen molar-refractivity contribution in [2.75, 3.05) is 12.0 Å². The second-order valence-corrected chi connectivity index (χ2v) is 9.61. The van der Waals surface area contributed by atoms with Crippen LogP contribution in [0.1, 0.15) is 41.5 Å². The summed E-state index contributed by atoms with van der Waals surface area (Å²) < 4.78 is 17.4. The molecule has 1 aromatic heterocycles. The van der Waals surface area contributed by atoms with Gasteiger partial charge in [-0.2, -0.15) is 4.90 Å². The average molecular weight is 459 g/mol. The van der Waals surface area contributed by atoms with Crippen molar-refractivity contribution >= 4 is 54.8 Å². The Hall–Kier alpha value is -1.87. The second-order valence-electron chi connectivity index (χ2n) is 7.75. The van der Waals surface area contributed by atoms with E-state index in [4.69, 9.17) is 14.2 Å². The van der Waals surface area contributed by atoms with Crippen LogP contribution < -0.4 is 9.64 Å². The number of hydrogen-bond acceptors (Lipinski definition) is 7. The molecule has 0 aliphatic rings. The maximum Gasteiger partial charge on any atom is 0.426 e. The first-order chi connectivity index (χ1) is 12.3. The first-order valence-corrected chi connectivity index (χ1v) is 9.82. The zero-order valence-corrected chi connectivity index (χ0v) is 18.8. The van der Waals surface area contributed by atoms with Gasteiger partial charge in [0.15, 0.2) is 0 Å². The van der Waals surface area contributed by atoms with Crippen molar-refractivity contribution in [2.45, 2.75) is 52.7 Å². The van der Waals surface area contributed by atoms with Crippen LogP contribution in [0, 0.1) is 0 Å². The van der Waals surface area contributed by atoms with Crippen LogP contribution in [0.4, 0.5) is 14.7 Å². The number of imide groups is 1. The molecule has 0 atom stereocenters. The van der Waals surface area contributed by atoms with E-state index in [1.807, 2.05) is 0 Å². The first kappa shape index (κ1) is 21.4. The van der Waals surface area contributed by atoms with Crippen molar-refractivity contribution in [3.05, 3.63) is 16.6 Å². The van der Waals surface area contributed by atoms with Crippen molar-refractivity contribution in [2.24, 2.45) is 0 Å². The lowest BCUT2D eigenvalue weighted by molar-refractivity contribution is 0.0431. The van der Waals surface area contributed by atoms with Gasteiger partial charge in [0, 0.05) is 4.47 Å². The number of fused-ring (bicyclic) bond motifs is 1. The molecule has 1 heterocycles. The largest absolute Gasteiger partial charge is 0.497 e. The number of halogens is 1. The zero-order chi connectivity index (χ0) is 20.6. The number of thiazole rings is 1. The molecule has 0 radical (unpaired) electrons. The summed E-state index contributed by atoms with van der Waals surface area (Å²) in [6.45, 7) is 10.3. The van der Waals surface area contributed by atoms with Crippen molar-refractivity contribution in [3.8, 4) is 5.75 Å². The fourth-order valence-corrected chi connectivity index (χ4v) is 3.67. The molecule has 0 saturated carbocycles. The topological polar surface area (TPSA) is 78.0 Å². The molecule has 2 amide bonds. The Morgan fingerprint density at radius 1 is 1.04 bits per heavy atom. The van der Waals surface area contributed by atoms with E-state index in [9.17, 15) is 9.59 Å². The monoisotopic (exact) mass is 458 g/mol. The highest BCUT2D eigenvalue weighted by atomic mass is 79.9. The van der Waals surface area contributed by atoms with E-state index in [-0.39, 0.29) is 5.13 Å². The summed E-state index contributed by atoms with van der Waals surface area (Å²) in [6, 6.07) is 3.54. The Bertz CT molecular complexity index is 839. The Kier molecular flexibility index (Phi) is 6.06. The van der Waals surface area contributed by atoms with Crippen molar-refractivity contribution in [1.29, 1.82) is 0 Å². The van der Waals surface area contributed by atoms with Crippen LogP contribution in [-0.2, 0) is 9.47 Å². The molecule has 2 rings (SSSR count). The molecular weight excluding hydrogens is 436 g/mol. The Morgan fingerprint density at radius 3 is 2.00 bits per heavy atom. The lowest BCUT2D eigenvalue weighted by atomic mass is 10.2. The number of aromatic nitrogens is 1. The first-order valence-electron chi connectivity index (χ1n) is 8.21. The molecule has 27 heavy (non-hydrogen) atoms. The van der Waals surface area contributed by atoms with Crippen molar-refractivity contribution in [3.63, 3.8) is 0 Å². The predicted molar refractivity (Wildman–Crippen MR) is 109 cm³/mol. The molecule has 7 nitrogen and oxygen atoms in total. The minimum Gasteiger partial charge on any atom is -0.497 e. The van der Waals surface area contributed by atoms with Gasteiger partial charge in [-0.05, 0) is 69.6 Å². The molecule has 0 fully saturated rings. The SMILES string of the molecule is COc1cc(Br)c2nc(N(C(=O)OC(C)(C)C)C(=O)OC(C)(C)C)sc2c1. The fraction of sp³-hybridized carbons (Fsp3) is 0.500. The normalized spacial score (nSPS) is 12.0. The van der Waals surface area contributed by atoms with Gasteiger partial charge in [0.1, 0.15) is 17.0 Å². The van der Waals surface area contributed by atoms with Crippen molar-refractivity contribution in [1.82, 2.24) is 4.98 Å². The van der Waals surface area contributed by atoms with E-state index >= 15 is 0 Å². The molecule has 0 aliphatic heterocycles. The highest BCUT2D eigenvalue weighted by Gasteiger charge is 2.35. The molecule has 0 bridgehead atoms. The van der Waals surface area contributed by atoms with Gasteiger partial charge >= 0.3 is 12.2 Å². The van der Waals surface area contributed by atoms with Gasteiger partial charge in [-0.3, -0.25) is 0 Å². The fourth-order valence-electron chi connectivity index (χ4n) is 2.01. The molecule has 2 aromatic rings. The number of hydrogen-bond donors (Lipinski definition) is 0. The van der Waals surface area contributed by atoms with Crippen LogP contribution in [0.25, 0.3) is 10.2 Å². The van der Waals surface area contributed by atoms with E-state index in [1.54, 1.807) is 60.8 Å². The number of methoxy groups -OCH3 is 1. The van der Waals surface area contributed by atoms with E-state index in [0.29, 0.717) is 15.7 Å². The van der Waals surface area contributed by atoms with Crippen LogP contribution in [0.5, 0.6) is 5.75 Å². The number of carbonyl (C=O) groups excluding carboxylic acids is 2. The standard InChI is InChI=1S/C18H23BrN2O5S/c1-17(2,3)25-15(22)21(16(23)26-18(4,5)6)14-20-13-11(19)8-10(24-7)9-12(13)27-14/h8-9H,1-7H3. The molecule has 0 N–H and O–H groups in total. The van der Waals surface area contributed by atoms with Crippen LogP contribution in [0.15, 0.2) is 16.6 Å². The molecule has 0 spiro atoms. The highest BCUT2D eigenvalue weighted by Crippen LogP contribution is 2.37. The molecule has 0 unspecified atom stereocenters. The molecule has 148 valence electrons. The second kappa shape index (κ2) is 7.63. The van der Waals surface area contributed by atoms with Gasteiger partial charge in [-0.15, -0.1) is 0 Å². The summed E-state index contributed by atoms with van der Waals surface area (Å²) in [4.78, 5) is 30.7. The minimum atomic E-state index is -0.848. The zero-order valence-electron chi connectivity index (χ0n) is 16.4. The van der Waals surface area contributed by atoms with E-state index in [1.165, 1.54) is 0 Å². The van der Waals surface area contributed by atoms with Crippen molar-refractivity contribution < 1.29 is 23.8 Å². The number of rotatable bonds is 2. The summed E-state index contributed by atoms with van der Waals surface area (Å²) in [6.07, 6.45) is -1.70. The predicted octanol–water partition coefficient (Wildman–Crippen LogP) is 5.74. The molecule has 0 aliphatic carbocycles. The lowest BCUT2D eigenvalue weighted by Crippen LogP contribution is -2.43. The van der Waals surface area contributed by atoms with E-state index in [2.05, 4.69) is 20.9 Å². The average Bonchev–Trinajstić information content (AvgIpc) is 2.87. The Labute approximate surface area is 170 Å². The van der Waals surface area contributed by atoms with Gasteiger partial charge in [0.05, 0.1) is 17.3 Å². The summed E-state index contributed by atoms with van der Waals surface area (Å²) in [7, 11) is 1.56. The minimum absolute atomic E-state index is 0.155. The van der Waals surface area contributed by atoms with Gasteiger partial charge in [-0.1, -0.05) is 11.3 Å². The van der Waals surface area contributed by atoms with Gasteiger partial charge in [0.25, 0.3) is 0 Å². The van der Waals surface area contributed by atoms with Crippen LogP contribution in [0.3, 0.4) is 0 Å². The lowest BCUT2D eigenvalue weighted by Gasteiger charge is -2.27. The van der Waals surface area contributed by atoms with Gasteiger partial charge in [-0.25, -0.2) is 14.6 Å². The van der Waals surface area contributed by atoms with Gasteiger partial charge in [0.2, 0.25) is 5.13 Å². The summed E-state index contributed by atoms with van der Waals surface area (Å²) in [5, 5.41) is 0.155. The maximum absolute atomic E-state index is 12.7. The van der Waals surface area contributed by atoms with Crippen LogP contribution in [0.2, 0.25) is 0 Å². The molecule has 1 aromatic carbocycles. The number of benzene rings is 1. The number of nitrogens with zero attached hydrogens (tertiary/aromatic N) is 2.